The Bertz CT molecular complexity index is 1050. The van der Waals surface area contributed by atoms with Crippen molar-refractivity contribution in [3.8, 4) is 0 Å². The summed E-state index contributed by atoms with van der Waals surface area (Å²) in [5, 5.41) is 6.87. The average molecular weight is 430 g/mol. The van der Waals surface area contributed by atoms with Crippen LogP contribution in [0, 0.1) is 5.41 Å². The fourth-order valence-electron chi connectivity index (χ4n) is 4.28. The molecular weight excluding hydrogens is 398 g/mol. The third kappa shape index (κ3) is 5.47. The lowest BCUT2D eigenvalue weighted by molar-refractivity contribution is 0.287. The van der Waals surface area contributed by atoms with Crippen molar-refractivity contribution < 1.29 is 13.0 Å². The van der Waals surface area contributed by atoms with Crippen LogP contribution in [0.2, 0.25) is 0 Å². The highest BCUT2D eigenvalue weighted by Crippen LogP contribution is 2.33. The number of hydrogen-bond donors (Lipinski definition) is 3. The van der Waals surface area contributed by atoms with E-state index in [9.17, 15) is 13.0 Å². The van der Waals surface area contributed by atoms with E-state index in [1.165, 1.54) is 6.07 Å². The molecule has 1 aliphatic rings. The molecule has 0 saturated carbocycles. The molecule has 1 aliphatic heterocycles. The molecule has 0 spiro atoms. The maximum atomic E-state index is 12.0. The Balaban J connectivity index is 2.15. The van der Waals surface area contributed by atoms with Gasteiger partial charge in [-0.15, -0.1) is 0 Å². The monoisotopic (exact) mass is 429 g/mol. The van der Waals surface area contributed by atoms with E-state index < -0.39 is 16.2 Å². The van der Waals surface area contributed by atoms with Gasteiger partial charge in [-0.05, 0) is 48.9 Å². The second kappa shape index (κ2) is 8.13. The van der Waals surface area contributed by atoms with Gasteiger partial charge >= 0.3 is 0 Å². The molecule has 0 radical (unpaired) electrons. The maximum absolute atomic E-state index is 12.0. The molecule has 0 amide bonds. The molecule has 2 aromatic carbocycles. The zero-order valence-electron chi connectivity index (χ0n) is 18.2. The highest BCUT2D eigenvalue weighted by molar-refractivity contribution is 7.85. The van der Waals surface area contributed by atoms with E-state index in [-0.39, 0.29) is 15.8 Å². The van der Waals surface area contributed by atoms with E-state index in [1.54, 1.807) is 18.2 Å². The Morgan fingerprint density at radius 2 is 1.67 bits per heavy atom. The minimum Gasteiger partial charge on any atom is -0.342 e. The van der Waals surface area contributed by atoms with Crippen molar-refractivity contribution in [3.63, 3.8) is 0 Å². The van der Waals surface area contributed by atoms with Crippen LogP contribution < -0.4 is 10.6 Å². The zero-order chi connectivity index (χ0) is 22.2. The molecule has 0 unspecified atom stereocenters. The lowest BCUT2D eigenvalue weighted by Gasteiger charge is -2.31. The van der Waals surface area contributed by atoms with Crippen LogP contribution in [0.25, 0.3) is 0 Å². The Kier molecular flexibility index (Phi) is 6.09. The topological polar surface area (TPSA) is 90.8 Å². The SMILES string of the molecule is CC(C)(C)CC(C)(C)N=C1Nc2ccccc2CN[C@H]1c1ccccc1S(=O)(=O)O. The fraction of sp³-hybridized carbons (Fsp3) is 0.435. The van der Waals surface area contributed by atoms with Crippen LogP contribution in [0.15, 0.2) is 58.4 Å². The molecule has 0 aromatic heterocycles. The summed E-state index contributed by atoms with van der Waals surface area (Å²) < 4.78 is 33.9. The van der Waals surface area contributed by atoms with Crippen LogP contribution in [0.1, 0.15) is 58.2 Å². The van der Waals surface area contributed by atoms with Crippen LogP contribution in [-0.2, 0) is 16.7 Å². The molecule has 162 valence electrons. The number of amidine groups is 1. The standard InChI is InChI=1S/C23H31N3O3S/c1-22(2,3)15-23(4,5)26-21-20(17-11-7-9-13-19(17)30(27,28)29)24-14-16-10-6-8-12-18(16)25-21/h6-13,20,24H,14-15H2,1-5H3,(H,25,26)(H,27,28,29)/t20-/m0/s1. The smallest absolute Gasteiger partial charge is 0.294 e. The first-order valence-corrected chi connectivity index (χ1v) is 11.5. The van der Waals surface area contributed by atoms with Gasteiger partial charge in [0.2, 0.25) is 0 Å². The van der Waals surface area contributed by atoms with E-state index in [2.05, 4.69) is 45.3 Å². The first kappa shape index (κ1) is 22.5. The van der Waals surface area contributed by atoms with E-state index in [0.29, 0.717) is 17.9 Å². The van der Waals surface area contributed by atoms with Crippen LogP contribution >= 0.6 is 0 Å². The fourth-order valence-corrected chi connectivity index (χ4v) is 5.02. The van der Waals surface area contributed by atoms with Crippen LogP contribution in [-0.4, -0.2) is 24.3 Å². The molecule has 7 heteroatoms. The lowest BCUT2D eigenvalue weighted by Crippen LogP contribution is -2.35. The minimum atomic E-state index is -4.38. The number of anilines is 1. The Labute approximate surface area is 179 Å². The van der Waals surface area contributed by atoms with Gasteiger partial charge in [0.05, 0.1) is 16.5 Å². The third-order valence-corrected chi connectivity index (χ3v) is 5.87. The molecule has 3 N–H and O–H groups in total. The molecule has 2 aromatic rings. The van der Waals surface area contributed by atoms with Crippen molar-refractivity contribution in [1.82, 2.24) is 5.32 Å². The van der Waals surface area contributed by atoms with Gasteiger partial charge in [-0.25, -0.2) is 0 Å². The molecular formula is C23H31N3O3S. The molecule has 0 fully saturated rings. The molecule has 1 heterocycles. The Morgan fingerprint density at radius 3 is 2.33 bits per heavy atom. The van der Waals surface area contributed by atoms with Gasteiger partial charge in [0.1, 0.15) is 5.84 Å². The number of nitrogens with one attached hydrogen (secondary N) is 2. The van der Waals surface area contributed by atoms with E-state index >= 15 is 0 Å². The maximum Gasteiger partial charge on any atom is 0.294 e. The summed E-state index contributed by atoms with van der Waals surface area (Å²) >= 11 is 0. The normalized spacial score (nSPS) is 19.1. The van der Waals surface area contributed by atoms with Gasteiger partial charge in [-0.3, -0.25) is 14.9 Å². The molecule has 1 atom stereocenters. The highest BCUT2D eigenvalue weighted by Gasteiger charge is 2.31. The van der Waals surface area contributed by atoms with Crippen molar-refractivity contribution in [3.05, 3.63) is 59.7 Å². The highest BCUT2D eigenvalue weighted by atomic mass is 32.2. The summed E-state index contributed by atoms with van der Waals surface area (Å²) in [4.78, 5) is 4.95. The van der Waals surface area contributed by atoms with Gasteiger partial charge in [0.25, 0.3) is 10.1 Å². The minimum absolute atomic E-state index is 0.0749. The van der Waals surface area contributed by atoms with Gasteiger partial charge in [0.15, 0.2) is 0 Å². The van der Waals surface area contributed by atoms with Crippen molar-refractivity contribution in [1.29, 1.82) is 0 Å². The van der Waals surface area contributed by atoms with E-state index in [1.807, 2.05) is 24.3 Å². The van der Waals surface area contributed by atoms with E-state index in [4.69, 9.17) is 4.99 Å². The lowest BCUT2D eigenvalue weighted by atomic mass is 9.82. The molecule has 3 rings (SSSR count). The second-order valence-corrected chi connectivity index (χ2v) is 11.0. The molecule has 0 aliphatic carbocycles. The summed E-state index contributed by atoms with van der Waals surface area (Å²) in [6.07, 6.45) is 0.847. The quantitative estimate of drug-likeness (QED) is 0.607. The van der Waals surface area contributed by atoms with Gasteiger partial charge < -0.3 is 5.32 Å². The van der Waals surface area contributed by atoms with Crippen LogP contribution in [0.3, 0.4) is 0 Å². The molecule has 0 saturated heterocycles. The summed E-state index contributed by atoms with van der Waals surface area (Å²) in [5.74, 6) is 0.630. The number of rotatable bonds is 4. The van der Waals surface area contributed by atoms with Crippen molar-refractivity contribution in [2.45, 2.75) is 64.1 Å². The Morgan fingerprint density at radius 1 is 1.03 bits per heavy atom. The number of aliphatic imine (C=N–C) groups is 1. The summed E-state index contributed by atoms with van der Waals surface area (Å²) in [6, 6.07) is 13.9. The first-order chi connectivity index (χ1) is 13.9. The van der Waals surface area contributed by atoms with Crippen molar-refractivity contribution >= 4 is 21.6 Å². The summed E-state index contributed by atoms with van der Waals surface area (Å²) in [5.41, 5.74) is 2.15. The number of para-hydroxylation sites is 1. The largest absolute Gasteiger partial charge is 0.342 e. The van der Waals surface area contributed by atoms with E-state index in [0.717, 1.165) is 17.7 Å². The number of nitrogens with zero attached hydrogens (tertiary/aromatic N) is 1. The summed E-state index contributed by atoms with van der Waals surface area (Å²) in [6.45, 7) is 11.2. The third-order valence-electron chi connectivity index (χ3n) is 4.94. The second-order valence-electron chi connectivity index (χ2n) is 9.66. The van der Waals surface area contributed by atoms with Crippen LogP contribution in [0.5, 0.6) is 0 Å². The van der Waals surface area contributed by atoms with Gasteiger partial charge in [-0.2, -0.15) is 8.42 Å². The van der Waals surface area contributed by atoms with Gasteiger partial charge in [-0.1, -0.05) is 57.2 Å². The average Bonchev–Trinajstić information content (AvgIpc) is 2.77. The zero-order valence-corrected chi connectivity index (χ0v) is 19.0. The molecule has 6 nitrogen and oxygen atoms in total. The number of benzene rings is 2. The first-order valence-electron chi connectivity index (χ1n) is 10.1. The van der Waals surface area contributed by atoms with Crippen molar-refractivity contribution in [2.75, 3.05) is 5.32 Å². The van der Waals surface area contributed by atoms with Gasteiger partial charge in [0, 0.05) is 12.2 Å². The predicted molar refractivity (Wildman–Crippen MR) is 121 cm³/mol. The van der Waals surface area contributed by atoms with Crippen molar-refractivity contribution in [2.24, 2.45) is 10.4 Å². The number of fused-ring (bicyclic) bond motifs is 1. The summed E-state index contributed by atoms with van der Waals surface area (Å²) in [7, 11) is -4.38. The molecule has 30 heavy (non-hydrogen) atoms. The molecule has 0 bridgehead atoms. The predicted octanol–water partition coefficient (Wildman–Crippen LogP) is 4.80. The number of hydrogen-bond acceptors (Lipinski definition) is 4. The Hall–Kier alpha value is -2.22. The van der Waals surface area contributed by atoms with Crippen LogP contribution in [0.4, 0.5) is 5.69 Å².